The summed E-state index contributed by atoms with van der Waals surface area (Å²) in [5.41, 5.74) is 1.89. The quantitative estimate of drug-likeness (QED) is 0.222. The number of benzene rings is 1. The Morgan fingerprint density at radius 1 is 0.902 bits per heavy atom. The highest BCUT2D eigenvalue weighted by Crippen LogP contribution is 2.45. The van der Waals surface area contributed by atoms with Crippen molar-refractivity contribution in [3.05, 3.63) is 54.6 Å². The van der Waals surface area contributed by atoms with Crippen LogP contribution in [0, 0.1) is 23.7 Å². The van der Waals surface area contributed by atoms with Gasteiger partial charge >= 0.3 is 18.0 Å². The minimum absolute atomic E-state index is 0.129. The maximum absolute atomic E-state index is 12.5. The number of ether oxygens (including phenoxy) is 5. The first kappa shape index (κ1) is 35.0. The van der Waals surface area contributed by atoms with Gasteiger partial charge in [-0.1, -0.05) is 36.4 Å². The molecule has 2 amide bonds. The molecule has 3 aromatic rings. The van der Waals surface area contributed by atoms with Gasteiger partial charge < -0.3 is 33.9 Å². The molecule has 2 aromatic heterocycles. The Kier molecular flexibility index (Phi) is 10.6. The third kappa shape index (κ3) is 7.91. The Balaban J connectivity index is 1.14. The number of aromatic nitrogens is 4. The third-order valence-electron chi connectivity index (χ3n) is 9.76. The number of hydrogen-bond acceptors (Lipinski definition) is 12. The minimum atomic E-state index is -0.657. The van der Waals surface area contributed by atoms with Crippen molar-refractivity contribution in [2.45, 2.75) is 64.4 Å². The summed E-state index contributed by atoms with van der Waals surface area (Å²) >= 11 is 0. The molecule has 7 rings (SSSR count). The van der Waals surface area contributed by atoms with Crippen molar-refractivity contribution in [1.82, 2.24) is 29.7 Å². The van der Waals surface area contributed by atoms with Gasteiger partial charge in [-0.25, -0.2) is 19.7 Å². The van der Waals surface area contributed by atoms with Crippen LogP contribution < -0.4 is 10.6 Å². The zero-order chi connectivity index (χ0) is 35.5. The van der Waals surface area contributed by atoms with E-state index in [4.69, 9.17) is 23.7 Å². The van der Waals surface area contributed by atoms with E-state index in [9.17, 15) is 14.4 Å². The van der Waals surface area contributed by atoms with E-state index < -0.39 is 36.9 Å². The summed E-state index contributed by atoms with van der Waals surface area (Å²) in [6, 6.07) is 9.52. The van der Waals surface area contributed by atoms with E-state index in [1.54, 1.807) is 10.9 Å². The zero-order valence-corrected chi connectivity index (χ0v) is 29.1. The summed E-state index contributed by atoms with van der Waals surface area (Å²) in [7, 11) is 0. The number of imidazole rings is 1. The van der Waals surface area contributed by atoms with Crippen molar-refractivity contribution in [1.29, 1.82) is 0 Å². The van der Waals surface area contributed by atoms with Crippen molar-refractivity contribution in [2.24, 2.45) is 23.7 Å². The Labute approximate surface area is 296 Å². The number of hydrogen-bond donors (Lipinski definition) is 2. The van der Waals surface area contributed by atoms with Crippen molar-refractivity contribution in [3.8, 4) is 0 Å². The lowest BCUT2D eigenvalue weighted by Crippen LogP contribution is -2.41. The Morgan fingerprint density at radius 3 is 2.25 bits per heavy atom. The molecule has 0 bridgehead atoms. The van der Waals surface area contributed by atoms with Gasteiger partial charge in [-0.15, -0.1) is 0 Å². The fourth-order valence-electron chi connectivity index (χ4n) is 7.13. The normalized spacial score (nSPS) is 29.3. The summed E-state index contributed by atoms with van der Waals surface area (Å²) in [5.74, 6) is 0.00619. The van der Waals surface area contributed by atoms with E-state index >= 15 is 0 Å². The smallest absolute Gasteiger partial charge is 0.320 e. The highest BCUT2D eigenvalue weighted by molar-refractivity contribution is 5.95. The third-order valence-corrected chi connectivity index (χ3v) is 9.76. The molecule has 2 aliphatic heterocycles. The van der Waals surface area contributed by atoms with Gasteiger partial charge in [-0.3, -0.25) is 19.5 Å². The summed E-state index contributed by atoms with van der Waals surface area (Å²) < 4.78 is 32.2. The second kappa shape index (κ2) is 15.4. The fraction of sp³-hybridized carbons (Fsp3) is 0.556. The maximum Gasteiger partial charge on any atom is 0.320 e. The van der Waals surface area contributed by atoms with Crippen LogP contribution in [-0.4, -0.2) is 106 Å². The number of esters is 2. The minimum Gasteiger partial charge on any atom is -0.466 e. The summed E-state index contributed by atoms with van der Waals surface area (Å²) in [6.45, 7) is 8.42. The van der Waals surface area contributed by atoms with E-state index in [1.165, 1.54) is 6.33 Å². The lowest BCUT2D eigenvalue weighted by molar-refractivity contribution is -0.145. The molecule has 0 radical (unpaired) electrons. The van der Waals surface area contributed by atoms with Gasteiger partial charge in [-0.2, -0.15) is 0 Å². The van der Waals surface area contributed by atoms with Gasteiger partial charge in [0.05, 0.1) is 31.4 Å². The van der Waals surface area contributed by atoms with E-state index in [0.29, 0.717) is 50.6 Å². The second-order valence-corrected chi connectivity index (χ2v) is 13.4. The predicted octanol–water partition coefficient (Wildman–Crippen LogP) is 3.39. The predicted molar refractivity (Wildman–Crippen MR) is 184 cm³/mol. The molecule has 0 spiro atoms. The molecule has 15 heteroatoms. The van der Waals surface area contributed by atoms with Crippen LogP contribution in [-0.2, 0) is 33.3 Å². The first-order chi connectivity index (χ1) is 24.9. The fourth-order valence-corrected chi connectivity index (χ4v) is 7.13. The van der Waals surface area contributed by atoms with Gasteiger partial charge in [-0.05, 0) is 57.1 Å². The monoisotopic (exact) mass is 703 g/mol. The van der Waals surface area contributed by atoms with Crippen molar-refractivity contribution in [3.63, 3.8) is 0 Å². The molecule has 1 aromatic carbocycles. The maximum atomic E-state index is 12.5. The molecule has 4 fully saturated rings. The lowest BCUT2D eigenvalue weighted by Gasteiger charge is -2.28. The molecular weight excluding hydrogens is 658 g/mol. The standard InChI is InChI=1S/C36H45N7O8/c1-4-37-36(46)41-31-28-32(39-19-38-31)43(20-40-28)33-30-29(50-27(51-30)13-12-21-10-8-7-9-11-21)26(49-33)18-42(16-22-14-24(22)34(44)47-5-2)17-23-15-25(23)35(45)48-6-3/h7-13,19-20,22-27,29-30,33H,4-6,14-18H2,1-3H3,(H2,37,38,39,41,46)/b13-12+/t22?,23?,24?,25?,26-,27+,29-,30-,33-/m1/s1. The Morgan fingerprint density at radius 2 is 1.59 bits per heavy atom. The molecule has 272 valence electrons. The topological polar surface area (TPSA) is 168 Å². The molecule has 51 heavy (non-hydrogen) atoms. The van der Waals surface area contributed by atoms with Gasteiger partial charge in [0.2, 0.25) is 0 Å². The second-order valence-electron chi connectivity index (χ2n) is 13.4. The number of carbonyl (C=O) groups is 3. The number of urea groups is 1. The van der Waals surface area contributed by atoms with Crippen LogP contribution in [0.4, 0.5) is 10.6 Å². The van der Waals surface area contributed by atoms with E-state index in [2.05, 4.69) is 30.5 Å². The molecule has 2 aliphatic carbocycles. The van der Waals surface area contributed by atoms with Crippen LogP contribution in [0.2, 0.25) is 0 Å². The average molecular weight is 704 g/mol. The van der Waals surface area contributed by atoms with Crippen LogP contribution in [0.3, 0.4) is 0 Å². The summed E-state index contributed by atoms with van der Waals surface area (Å²) in [4.78, 5) is 52.9. The Bertz CT molecular complexity index is 1700. The molecule has 2 N–H and O–H groups in total. The largest absolute Gasteiger partial charge is 0.466 e. The summed E-state index contributed by atoms with van der Waals surface area (Å²) in [6.07, 6.45) is 5.69. The number of nitrogens with one attached hydrogen (secondary N) is 2. The molecule has 2 saturated carbocycles. The highest BCUT2D eigenvalue weighted by atomic mass is 16.8. The average Bonchev–Trinajstić information content (AvgIpc) is 3.92. The number of carbonyl (C=O) groups excluding carboxylic acids is 3. The molecule has 9 atom stereocenters. The SMILES string of the molecule is CCNC(=O)Nc1ncnc2c1ncn2[C@@H]1O[C@H](CN(CC2CC2C(=O)OCC)CC2CC2C(=O)OCC)[C@H]2O[C@H](/C=C/c3ccccc3)O[C@H]21. The van der Waals surface area contributed by atoms with Gasteiger partial charge in [0.15, 0.2) is 29.5 Å². The molecule has 15 nitrogen and oxygen atoms in total. The van der Waals surface area contributed by atoms with E-state index in [1.807, 2.05) is 63.3 Å². The van der Waals surface area contributed by atoms with Crippen molar-refractivity contribution < 1.29 is 38.1 Å². The van der Waals surface area contributed by atoms with Crippen molar-refractivity contribution in [2.75, 3.05) is 44.7 Å². The first-order valence-electron chi connectivity index (χ1n) is 17.8. The number of rotatable bonds is 15. The number of fused-ring (bicyclic) bond motifs is 2. The molecule has 2 saturated heterocycles. The van der Waals surface area contributed by atoms with Crippen LogP contribution >= 0.6 is 0 Å². The van der Waals surface area contributed by atoms with Crippen LogP contribution in [0.5, 0.6) is 0 Å². The molecular formula is C36H45N7O8. The van der Waals surface area contributed by atoms with Gasteiger partial charge in [0, 0.05) is 26.2 Å². The molecule has 4 heterocycles. The van der Waals surface area contributed by atoms with Crippen LogP contribution in [0.1, 0.15) is 45.4 Å². The van der Waals surface area contributed by atoms with Crippen LogP contribution in [0.25, 0.3) is 17.2 Å². The van der Waals surface area contributed by atoms with E-state index in [0.717, 1.165) is 18.4 Å². The lowest BCUT2D eigenvalue weighted by atomic mass is 10.1. The number of nitrogens with zero attached hydrogens (tertiary/aromatic N) is 5. The number of anilines is 1. The van der Waals surface area contributed by atoms with E-state index in [-0.39, 0.29) is 41.4 Å². The Hall–Kier alpha value is -4.44. The van der Waals surface area contributed by atoms with Gasteiger partial charge in [0.25, 0.3) is 0 Å². The van der Waals surface area contributed by atoms with Crippen molar-refractivity contribution >= 4 is 41.0 Å². The number of amides is 2. The molecule has 4 aliphatic rings. The highest BCUT2D eigenvalue weighted by Gasteiger charge is 2.55. The van der Waals surface area contributed by atoms with Gasteiger partial charge in [0.1, 0.15) is 24.6 Å². The summed E-state index contributed by atoms with van der Waals surface area (Å²) in [5, 5.41) is 5.44. The first-order valence-corrected chi connectivity index (χ1v) is 17.8. The zero-order valence-electron chi connectivity index (χ0n) is 29.1. The van der Waals surface area contributed by atoms with Crippen LogP contribution in [0.15, 0.2) is 49.1 Å². The molecule has 4 unspecified atom stereocenters.